The Kier molecular flexibility index (Phi) is 4.34. The smallest absolute Gasteiger partial charge is 0.341 e. The van der Waals surface area contributed by atoms with Gasteiger partial charge in [-0.2, -0.15) is 0 Å². The molecule has 0 amide bonds. The van der Waals surface area contributed by atoms with E-state index in [0.717, 1.165) is 20.7 Å². The number of carbonyl (C=O) groups is 1. The number of hydrogen-bond acceptors (Lipinski definition) is 5. The summed E-state index contributed by atoms with van der Waals surface area (Å²) in [4.78, 5) is 17.1. The fourth-order valence-corrected chi connectivity index (χ4v) is 3.15. The second-order valence-corrected chi connectivity index (χ2v) is 5.78. The van der Waals surface area contributed by atoms with Gasteiger partial charge in [0.25, 0.3) is 0 Å². The predicted molar refractivity (Wildman–Crippen MR) is 86.4 cm³/mol. The number of ether oxygens (including phenoxy) is 2. The summed E-state index contributed by atoms with van der Waals surface area (Å²) in [6.45, 7) is 2.61. The summed E-state index contributed by atoms with van der Waals surface area (Å²) in [5.74, 6) is 0.488. The van der Waals surface area contributed by atoms with E-state index in [1.165, 1.54) is 11.3 Å². The predicted octanol–water partition coefficient (Wildman–Crippen LogP) is 4.05. The molecule has 4 nitrogen and oxygen atoms in total. The molecule has 0 saturated heterocycles. The van der Waals surface area contributed by atoms with Crippen LogP contribution >= 0.6 is 11.3 Å². The molecule has 1 aromatic carbocycles. The van der Waals surface area contributed by atoms with Crippen molar-refractivity contribution in [1.82, 2.24) is 4.98 Å². The molecule has 5 heteroatoms. The molecule has 0 fully saturated rings. The lowest BCUT2D eigenvalue weighted by Crippen LogP contribution is -2.04. The van der Waals surface area contributed by atoms with Crippen LogP contribution in [0.3, 0.4) is 0 Å². The monoisotopic (exact) mass is 313 g/mol. The highest BCUT2D eigenvalue weighted by molar-refractivity contribution is 7.19. The van der Waals surface area contributed by atoms with Gasteiger partial charge in [0.05, 0.1) is 16.9 Å². The quantitative estimate of drug-likeness (QED) is 0.667. The number of para-hydroxylation sites is 1. The lowest BCUT2D eigenvalue weighted by molar-refractivity contribution is 0.0528. The summed E-state index contributed by atoms with van der Waals surface area (Å²) in [7, 11) is 0. The number of carbonyl (C=O) groups excluding carboxylic acids is 1. The summed E-state index contributed by atoms with van der Waals surface area (Å²) in [6.07, 6.45) is 3.30. The average molecular weight is 313 g/mol. The molecule has 0 unspecified atom stereocenters. The number of esters is 1. The minimum atomic E-state index is -0.335. The van der Waals surface area contributed by atoms with Gasteiger partial charge in [0, 0.05) is 22.7 Å². The molecule has 112 valence electrons. The first-order valence-corrected chi connectivity index (χ1v) is 7.81. The molecule has 0 aliphatic heterocycles. The summed E-state index contributed by atoms with van der Waals surface area (Å²) in [6, 6.07) is 11.6. The van der Waals surface area contributed by atoms with Crippen LogP contribution in [-0.4, -0.2) is 17.6 Å². The number of benzene rings is 1. The highest BCUT2D eigenvalue weighted by atomic mass is 32.1. The zero-order valence-electron chi connectivity index (χ0n) is 12.1. The highest BCUT2D eigenvalue weighted by Crippen LogP contribution is 2.29. The maximum absolute atomic E-state index is 12.0. The van der Waals surface area contributed by atoms with Gasteiger partial charge in [-0.15, -0.1) is 11.3 Å². The number of pyridine rings is 1. The molecule has 0 saturated carbocycles. The number of fused-ring (bicyclic) bond motifs is 1. The Balaban J connectivity index is 1.83. The van der Waals surface area contributed by atoms with Crippen LogP contribution in [0.1, 0.15) is 22.2 Å². The standard InChI is InChI=1S/C17H15NO3S/c1-2-20-17(19)15-10-18-9-12-8-14(22-16(12)15)11-21-13-6-4-3-5-7-13/h3-10H,2,11H2,1H3. The van der Waals surface area contributed by atoms with Crippen LogP contribution in [0.4, 0.5) is 0 Å². The molecule has 0 spiro atoms. The number of nitrogens with zero attached hydrogens (tertiary/aromatic N) is 1. The Morgan fingerprint density at radius 1 is 1.23 bits per heavy atom. The Hall–Kier alpha value is -2.40. The van der Waals surface area contributed by atoms with E-state index in [9.17, 15) is 4.79 Å². The first-order chi connectivity index (χ1) is 10.8. The molecular weight excluding hydrogens is 298 g/mol. The molecule has 3 rings (SSSR count). The van der Waals surface area contributed by atoms with E-state index in [-0.39, 0.29) is 5.97 Å². The Bertz CT molecular complexity index is 783. The number of rotatable bonds is 5. The SMILES string of the molecule is CCOC(=O)c1cncc2cc(COc3ccccc3)sc12. The number of thiophene rings is 1. The van der Waals surface area contributed by atoms with E-state index >= 15 is 0 Å². The molecule has 0 radical (unpaired) electrons. The lowest BCUT2D eigenvalue weighted by atomic mass is 10.2. The average Bonchev–Trinajstić information content (AvgIpc) is 2.97. The van der Waals surface area contributed by atoms with Gasteiger partial charge in [-0.1, -0.05) is 18.2 Å². The molecule has 3 aromatic rings. The van der Waals surface area contributed by atoms with Crippen molar-refractivity contribution < 1.29 is 14.3 Å². The maximum atomic E-state index is 12.0. The van der Waals surface area contributed by atoms with Crippen LogP contribution in [0.2, 0.25) is 0 Å². The molecular formula is C17H15NO3S. The van der Waals surface area contributed by atoms with Crippen molar-refractivity contribution in [2.24, 2.45) is 0 Å². The highest BCUT2D eigenvalue weighted by Gasteiger charge is 2.14. The molecule has 0 atom stereocenters. The molecule has 0 bridgehead atoms. The number of aromatic nitrogens is 1. The van der Waals surface area contributed by atoms with Gasteiger partial charge in [0.15, 0.2) is 0 Å². The molecule has 0 aliphatic carbocycles. The van der Waals surface area contributed by atoms with E-state index in [1.807, 2.05) is 36.4 Å². The van der Waals surface area contributed by atoms with E-state index in [4.69, 9.17) is 9.47 Å². The van der Waals surface area contributed by atoms with Crippen LogP contribution in [0.15, 0.2) is 48.8 Å². The van der Waals surface area contributed by atoms with E-state index in [0.29, 0.717) is 18.8 Å². The van der Waals surface area contributed by atoms with Crippen molar-refractivity contribution in [1.29, 1.82) is 0 Å². The van der Waals surface area contributed by atoms with Gasteiger partial charge < -0.3 is 9.47 Å². The molecule has 0 N–H and O–H groups in total. The molecule has 2 aromatic heterocycles. The first-order valence-electron chi connectivity index (χ1n) is 6.99. The second kappa shape index (κ2) is 6.58. The van der Waals surface area contributed by atoms with Crippen molar-refractivity contribution in [3.63, 3.8) is 0 Å². The third-order valence-electron chi connectivity index (χ3n) is 3.09. The van der Waals surface area contributed by atoms with Gasteiger partial charge in [0.2, 0.25) is 0 Å². The largest absolute Gasteiger partial charge is 0.488 e. The fourth-order valence-electron chi connectivity index (χ4n) is 2.11. The van der Waals surface area contributed by atoms with Gasteiger partial charge in [-0.3, -0.25) is 4.98 Å². The third-order valence-corrected chi connectivity index (χ3v) is 4.25. The van der Waals surface area contributed by atoms with Crippen molar-refractivity contribution in [3.05, 3.63) is 59.2 Å². The molecule has 0 aliphatic rings. The zero-order chi connectivity index (χ0) is 15.4. The zero-order valence-corrected chi connectivity index (χ0v) is 12.9. The summed E-state index contributed by atoms with van der Waals surface area (Å²) in [5, 5.41) is 0.933. The van der Waals surface area contributed by atoms with E-state index < -0.39 is 0 Å². The molecule has 22 heavy (non-hydrogen) atoms. The van der Waals surface area contributed by atoms with Crippen LogP contribution in [-0.2, 0) is 11.3 Å². The van der Waals surface area contributed by atoms with Crippen LogP contribution in [0.25, 0.3) is 10.1 Å². The van der Waals surface area contributed by atoms with Crippen molar-refractivity contribution in [3.8, 4) is 5.75 Å². The Morgan fingerprint density at radius 3 is 2.82 bits per heavy atom. The van der Waals surface area contributed by atoms with E-state index in [2.05, 4.69) is 4.98 Å². The fraction of sp³-hybridized carbons (Fsp3) is 0.176. The topological polar surface area (TPSA) is 48.4 Å². The van der Waals surface area contributed by atoms with Crippen LogP contribution < -0.4 is 4.74 Å². The minimum absolute atomic E-state index is 0.335. The second-order valence-electron chi connectivity index (χ2n) is 4.64. The lowest BCUT2D eigenvalue weighted by Gasteiger charge is -2.03. The van der Waals surface area contributed by atoms with Gasteiger partial charge >= 0.3 is 5.97 Å². The number of hydrogen-bond donors (Lipinski definition) is 0. The maximum Gasteiger partial charge on any atom is 0.341 e. The summed E-state index contributed by atoms with van der Waals surface area (Å²) in [5.41, 5.74) is 0.510. The summed E-state index contributed by atoms with van der Waals surface area (Å²) >= 11 is 1.53. The third kappa shape index (κ3) is 3.09. The van der Waals surface area contributed by atoms with Gasteiger partial charge in [-0.25, -0.2) is 4.79 Å². The van der Waals surface area contributed by atoms with Crippen molar-refractivity contribution in [2.75, 3.05) is 6.61 Å². The van der Waals surface area contributed by atoms with Gasteiger partial charge in [0.1, 0.15) is 12.4 Å². The minimum Gasteiger partial charge on any atom is -0.488 e. The normalized spacial score (nSPS) is 10.6. The Morgan fingerprint density at radius 2 is 2.05 bits per heavy atom. The van der Waals surface area contributed by atoms with Crippen molar-refractivity contribution >= 4 is 27.4 Å². The Labute approximate surface area is 132 Å². The van der Waals surface area contributed by atoms with E-state index in [1.54, 1.807) is 19.3 Å². The van der Waals surface area contributed by atoms with Crippen LogP contribution in [0.5, 0.6) is 5.75 Å². The van der Waals surface area contributed by atoms with Gasteiger partial charge in [-0.05, 0) is 25.1 Å². The summed E-state index contributed by atoms with van der Waals surface area (Å²) < 4.78 is 11.7. The van der Waals surface area contributed by atoms with Crippen LogP contribution in [0, 0.1) is 0 Å². The first kappa shape index (κ1) is 14.5. The molecule has 2 heterocycles. The van der Waals surface area contributed by atoms with Crippen molar-refractivity contribution in [2.45, 2.75) is 13.5 Å².